The number of aromatic nitrogens is 3. The summed E-state index contributed by atoms with van der Waals surface area (Å²) in [5.41, 5.74) is 1.04. The summed E-state index contributed by atoms with van der Waals surface area (Å²) in [6.07, 6.45) is 3.83. The van der Waals surface area contributed by atoms with Crippen molar-refractivity contribution in [1.29, 1.82) is 0 Å². The van der Waals surface area contributed by atoms with Crippen molar-refractivity contribution in [3.05, 3.63) is 66.0 Å². The van der Waals surface area contributed by atoms with Gasteiger partial charge in [0.15, 0.2) is 6.04 Å². The van der Waals surface area contributed by atoms with E-state index in [1.54, 1.807) is 29.4 Å². The molecule has 0 aliphatic carbocycles. The predicted octanol–water partition coefficient (Wildman–Crippen LogP) is 4.90. The van der Waals surface area contributed by atoms with Crippen LogP contribution in [0.5, 0.6) is 0 Å². The zero-order valence-corrected chi connectivity index (χ0v) is 17.1. The Kier molecular flexibility index (Phi) is 5.15. The lowest BCUT2D eigenvalue weighted by atomic mass is 9.95. The second kappa shape index (κ2) is 7.99. The molecule has 0 saturated carbocycles. The van der Waals surface area contributed by atoms with E-state index in [-0.39, 0.29) is 29.8 Å². The van der Waals surface area contributed by atoms with Gasteiger partial charge in [-0.3, -0.25) is 9.78 Å². The number of nitrogens with zero attached hydrogens (tertiary/aromatic N) is 4. The third-order valence-electron chi connectivity index (χ3n) is 6.19. The lowest BCUT2D eigenvalue weighted by molar-refractivity contribution is -0.174. The molecule has 2 aliphatic heterocycles. The quantitative estimate of drug-likeness (QED) is 0.621. The fraction of sp³-hybridized carbons (Fsp3) is 0.409. The number of carbonyl (C=O) groups is 1. The van der Waals surface area contributed by atoms with Crippen molar-refractivity contribution in [1.82, 2.24) is 19.7 Å². The van der Waals surface area contributed by atoms with Gasteiger partial charge in [-0.1, -0.05) is 6.07 Å². The summed E-state index contributed by atoms with van der Waals surface area (Å²) in [6, 6.07) is 4.24. The van der Waals surface area contributed by atoms with Crippen LogP contribution in [-0.4, -0.2) is 38.3 Å². The van der Waals surface area contributed by atoms with Gasteiger partial charge in [0, 0.05) is 25.4 Å². The van der Waals surface area contributed by atoms with Gasteiger partial charge in [-0.05, 0) is 43.0 Å². The normalized spacial score (nSPS) is 23.5. The van der Waals surface area contributed by atoms with E-state index < -0.39 is 18.3 Å². The summed E-state index contributed by atoms with van der Waals surface area (Å²) < 4.78 is 47.8. The molecule has 32 heavy (non-hydrogen) atoms. The minimum atomic E-state index is -4.52. The summed E-state index contributed by atoms with van der Waals surface area (Å²) in [6.45, 7) is 0.521. The second-order valence-electron chi connectivity index (χ2n) is 8.15. The number of nitrogens with one attached hydrogen (secondary N) is 1. The van der Waals surface area contributed by atoms with Crippen molar-refractivity contribution in [3.8, 4) is 0 Å². The highest BCUT2D eigenvalue weighted by atomic mass is 19.4. The van der Waals surface area contributed by atoms with Crippen molar-refractivity contribution < 1.29 is 22.4 Å². The maximum Gasteiger partial charge on any atom is 0.410 e. The SMILES string of the molecule is O=C(c1cnn2c1N[C@@H](c1ccco1)C[C@H]2C(F)(F)F)N1CCCC[C@@H]1c1cccnc1. The molecule has 10 heteroatoms. The Labute approximate surface area is 182 Å². The van der Waals surface area contributed by atoms with Gasteiger partial charge in [0.1, 0.15) is 17.1 Å². The van der Waals surface area contributed by atoms with Crippen LogP contribution in [0.25, 0.3) is 0 Å². The molecular formula is C22H22F3N5O2. The van der Waals surface area contributed by atoms with Gasteiger partial charge in [-0.25, -0.2) is 4.68 Å². The average Bonchev–Trinajstić information content (AvgIpc) is 3.48. The van der Waals surface area contributed by atoms with Crippen LogP contribution in [0.1, 0.15) is 65.5 Å². The van der Waals surface area contributed by atoms with Gasteiger partial charge in [0.25, 0.3) is 5.91 Å². The molecule has 0 bridgehead atoms. The number of hydrogen-bond donors (Lipinski definition) is 1. The first kappa shape index (κ1) is 20.6. The van der Waals surface area contributed by atoms with E-state index in [4.69, 9.17) is 4.42 Å². The number of halogens is 3. The summed E-state index contributed by atoms with van der Waals surface area (Å²) in [5, 5.41) is 7.05. The molecule has 5 rings (SSSR count). The molecule has 1 N–H and O–H groups in total. The van der Waals surface area contributed by atoms with E-state index in [2.05, 4.69) is 15.4 Å². The molecule has 0 unspecified atom stereocenters. The Morgan fingerprint density at radius 2 is 2.06 bits per heavy atom. The number of hydrogen-bond acceptors (Lipinski definition) is 5. The summed E-state index contributed by atoms with van der Waals surface area (Å²) in [5.74, 6) is 0.116. The molecule has 3 aromatic rings. The molecule has 0 spiro atoms. The van der Waals surface area contributed by atoms with E-state index in [1.807, 2.05) is 12.1 Å². The molecule has 3 aromatic heterocycles. The van der Waals surface area contributed by atoms with Crippen molar-refractivity contribution in [2.75, 3.05) is 11.9 Å². The monoisotopic (exact) mass is 445 g/mol. The van der Waals surface area contributed by atoms with Crippen LogP contribution in [0.4, 0.5) is 19.0 Å². The van der Waals surface area contributed by atoms with Crippen LogP contribution in [0.3, 0.4) is 0 Å². The first-order valence-corrected chi connectivity index (χ1v) is 10.6. The fourth-order valence-corrected chi connectivity index (χ4v) is 4.64. The summed E-state index contributed by atoms with van der Waals surface area (Å²) >= 11 is 0. The number of carbonyl (C=O) groups excluding carboxylic acids is 1. The van der Waals surface area contributed by atoms with Crippen LogP contribution < -0.4 is 5.32 Å². The number of pyridine rings is 1. The highest BCUT2D eigenvalue weighted by Crippen LogP contribution is 2.45. The Balaban J connectivity index is 1.51. The Hall–Kier alpha value is -3.30. The first-order chi connectivity index (χ1) is 15.4. The summed E-state index contributed by atoms with van der Waals surface area (Å²) in [4.78, 5) is 19.5. The van der Waals surface area contributed by atoms with Crippen LogP contribution in [-0.2, 0) is 0 Å². The maximum atomic E-state index is 13.9. The maximum absolute atomic E-state index is 13.9. The van der Waals surface area contributed by atoms with Gasteiger partial charge in [-0.2, -0.15) is 18.3 Å². The van der Waals surface area contributed by atoms with Crippen LogP contribution in [0.15, 0.2) is 53.5 Å². The number of anilines is 1. The van der Waals surface area contributed by atoms with Crippen molar-refractivity contribution >= 4 is 11.7 Å². The minimum absolute atomic E-state index is 0.0699. The average molecular weight is 445 g/mol. The Morgan fingerprint density at radius 1 is 1.19 bits per heavy atom. The van der Waals surface area contributed by atoms with E-state index in [9.17, 15) is 18.0 Å². The number of rotatable bonds is 3. The Morgan fingerprint density at radius 3 is 2.78 bits per heavy atom. The zero-order valence-electron chi connectivity index (χ0n) is 17.1. The lowest BCUT2D eigenvalue weighted by Gasteiger charge is -2.37. The van der Waals surface area contributed by atoms with Gasteiger partial charge in [0.05, 0.1) is 24.5 Å². The van der Waals surface area contributed by atoms with E-state index >= 15 is 0 Å². The Bertz CT molecular complexity index is 1080. The molecule has 1 fully saturated rings. The molecule has 0 aromatic carbocycles. The highest BCUT2D eigenvalue weighted by molar-refractivity contribution is 5.99. The predicted molar refractivity (Wildman–Crippen MR) is 109 cm³/mol. The summed E-state index contributed by atoms with van der Waals surface area (Å²) in [7, 11) is 0. The standard InChI is InChI=1S/C22H22F3N5O2/c23-22(24,25)19-11-16(18-7-4-10-32-18)28-20-15(13-27-30(19)20)21(31)29-9-2-1-6-17(29)14-5-3-8-26-12-14/h3-5,7-8,10,12-13,16-17,19,28H,1-2,6,9,11H2/t16-,17-,19+/m1/s1. The molecule has 7 nitrogen and oxygen atoms in total. The van der Waals surface area contributed by atoms with Crippen molar-refractivity contribution in [3.63, 3.8) is 0 Å². The first-order valence-electron chi connectivity index (χ1n) is 10.6. The van der Waals surface area contributed by atoms with Gasteiger partial charge < -0.3 is 14.6 Å². The highest BCUT2D eigenvalue weighted by Gasteiger charge is 2.48. The minimum Gasteiger partial charge on any atom is -0.467 e. The smallest absolute Gasteiger partial charge is 0.410 e. The number of amides is 1. The number of alkyl halides is 3. The molecular weight excluding hydrogens is 423 g/mol. The topological polar surface area (TPSA) is 76.2 Å². The molecule has 1 saturated heterocycles. The molecule has 2 aliphatic rings. The van der Waals surface area contributed by atoms with Crippen molar-refractivity contribution in [2.45, 2.75) is 50.0 Å². The van der Waals surface area contributed by atoms with E-state index in [0.29, 0.717) is 12.3 Å². The molecule has 3 atom stereocenters. The molecule has 1 amide bonds. The lowest BCUT2D eigenvalue weighted by Crippen LogP contribution is -2.40. The molecule has 0 radical (unpaired) electrons. The third-order valence-corrected chi connectivity index (χ3v) is 6.19. The van der Waals surface area contributed by atoms with Gasteiger partial charge >= 0.3 is 6.18 Å². The van der Waals surface area contributed by atoms with E-state index in [0.717, 1.165) is 29.5 Å². The largest absolute Gasteiger partial charge is 0.467 e. The molecule has 168 valence electrons. The number of fused-ring (bicyclic) bond motifs is 1. The van der Waals surface area contributed by atoms with E-state index in [1.165, 1.54) is 12.5 Å². The zero-order chi connectivity index (χ0) is 22.3. The molecule has 5 heterocycles. The number of piperidine rings is 1. The number of likely N-dealkylation sites (tertiary alicyclic amines) is 1. The second-order valence-corrected chi connectivity index (χ2v) is 8.15. The van der Waals surface area contributed by atoms with Gasteiger partial charge in [0.2, 0.25) is 0 Å². The van der Waals surface area contributed by atoms with Gasteiger partial charge in [-0.15, -0.1) is 0 Å². The third kappa shape index (κ3) is 3.63. The van der Waals surface area contributed by atoms with Crippen LogP contribution >= 0.6 is 0 Å². The van der Waals surface area contributed by atoms with Crippen molar-refractivity contribution in [2.24, 2.45) is 0 Å². The van der Waals surface area contributed by atoms with Crippen LogP contribution in [0, 0.1) is 0 Å². The fourth-order valence-electron chi connectivity index (χ4n) is 4.64. The van der Waals surface area contributed by atoms with Crippen LogP contribution in [0.2, 0.25) is 0 Å². The number of furan rings is 1.